The maximum Gasteiger partial charge on any atom is 0.225 e. The number of aromatic nitrogens is 2. The number of carbonyl (C=O) groups excluding carboxylic acids is 1. The molecule has 0 atom stereocenters. The lowest BCUT2D eigenvalue weighted by Crippen LogP contribution is -2.42. The number of likely N-dealkylation sites (tertiary alicyclic amines) is 1. The molecule has 1 aliphatic heterocycles. The highest BCUT2D eigenvalue weighted by molar-refractivity contribution is 5.79. The minimum Gasteiger partial charge on any atom is -0.383 e. The van der Waals surface area contributed by atoms with Gasteiger partial charge in [-0.25, -0.2) is 4.98 Å². The van der Waals surface area contributed by atoms with Gasteiger partial charge in [0.15, 0.2) is 0 Å². The zero-order chi connectivity index (χ0) is 17.6. The van der Waals surface area contributed by atoms with Crippen molar-refractivity contribution in [1.29, 1.82) is 0 Å². The van der Waals surface area contributed by atoms with Crippen LogP contribution in [0.5, 0.6) is 0 Å². The fourth-order valence-corrected chi connectivity index (χ4v) is 4.39. The molecule has 2 heterocycles. The Morgan fingerprint density at radius 1 is 1.20 bits per heavy atom. The van der Waals surface area contributed by atoms with E-state index in [1.165, 1.54) is 30.8 Å². The van der Waals surface area contributed by atoms with Crippen LogP contribution in [0.4, 0.5) is 0 Å². The van der Waals surface area contributed by atoms with Gasteiger partial charge in [-0.15, -0.1) is 0 Å². The second kappa shape index (κ2) is 8.84. The van der Waals surface area contributed by atoms with Crippen molar-refractivity contribution >= 4 is 5.91 Å². The average Bonchev–Trinajstić information content (AvgIpc) is 3.00. The Morgan fingerprint density at radius 2 is 1.92 bits per heavy atom. The number of amides is 1. The van der Waals surface area contributed by atoms with Gasteiger partial charge in [-0.1, -0.05) is 19.3 Å². The van der Waals surface area contributed by atoms with Crippen molar-refractivity contribution in [2.45, 2.75) is 64.8 Å². The molecule has 5 heteroatoms. The summed E-state index contributed by atoms with van der Waals surface area (Å²) < 4.78 is 7.50. The summed E-state index contributed by atoms with van der Waals surface area (Å²) in [5.41, 5.74) is 1.21. The number of nitrogens with zero attached hydrogens (tertiary/aromatic N) is 3. The van der Waals surface area contributed by atoms with Crippen molar-refractivity contribution < 1.29 is 9.53 Å². The maximum absolute atomic E-state index is 12.7. The van der Waals surface area contributed by atoms with Crippen molar-refractivity contribution in [2.75, 3.05) is 26.8 Å². The normalized spacial score (nSPS) is 20.2. The summed E-state index contributed by atoms with van der Waals surface area (Å²) in [4.78, 5) is 19.4. The van der Waals surface area contributed by atoms with E-state index >= 15 is 0 Å². The van der Waals surface area contributed by atoms with Crippen LogP contribution < -0.4 is 0 Å². The fourth-order valence-electron chi connectivity index (χ4n) is 4.39. The third kappa shape index (κ3) is 4.63. The molecule has 1 aliphatic carbocycles. The van der Waals surface area contributed by atoms with E-state index in [1.54, 1.807) is 7.11 Å². The number of aryl methyl sites for hydroxylation is 1. The lowest BCUT2D eigenvalue weighted by molar-refractivity contribution is -0.138. The van der Waals surface area contributed by atoms with E-state index in [9.17, 15) is 4.79 Å². The minimum atomic E-state index is 0.306. The Kier molecular flexibility index (Phi) is 6.51. The number of piperidine rings is 1. The Morgan fingerprint density at radius 3 is 2.60 bits per heavy atom. The van der Waals surface area contributed by atoms with Gasteiger partial charge in [-0.3, -0.25) is 4.79 Å². The molecule has 0 N–H and O–H groups in total. The molecular weight excluding hydrogens is 314 g/mol. The Labute approximate surface area is 151 Å². The highest BCUT2D eigenvalue weighted by Crippen LogP contribution is 2.28. The van der Waals surface area contributed by atoms with E-state index in [2.05, 4.69) is 21.4 Å². The number of rotatable bonds is 6. The molecule has 1 aromatic heterocycles. The number of methoxy groups -OCH3 is 1. The summed E-state index contributed by atoms with van der Waals surface area (Å²) in [5.74, 6) is 2.54. The molecular formula is C20H33N3O2. The van der Waals surface area contributed by atoms with Crippen molar-refractivity contribution in [3.63, 3.8) is 0 Å². The van der Waals surface area contributed by atoms with Crippen LogP contribution in [0.1, 0.15) is 56.5 Å². The SMILES string of the molecule is COCCn1c(C)cnc1CC1CCN(C(=O)C2CCCCC2)CC1. The predicted octanol–water partition coefficient (Wildman–Crippen LogP) is 3.20. The first-order valence-electron chi connectivity index (χ1n) is 9.97. The Bertz CT molecular complexity index is 555. The van der Waals surface area contributed by atoms with Crippen LogP contribution in [0.15, 0.2) is 6.20 Å². The molecule has 25 heavy (non-hydrogen) atoms. The quantitative estimate of drug-likeness (QED) is 0.794. The maximum atomic E-state index is 12.7. The largest absolute Gasteiger partial charge is 0.383 e. The van der Waals surface area contributed by atoms with Crippen LogP contribution in [-0.4, -0.2) is 47.2 Å². The van der Waals surface area contributed by atoms with Gasteiger partial charge in [0, 0.05) is 51.0 Å². The van der Waals surface area contributed by atoms with Crippen LogP contribution in [0.3, 0.4) is 0 Å². The molecule has 1 aromatic rings. The number of hydrogen-bond acceptors (Lipinski definition) is 3. The molecule has 0 unspecified atom stereocenters. The van der Waals surface area contributed by atoms with Crippen molar-refractivity contribution in [3.8, 4) is 0 Å². The second-order valence-corrected chi connectivity index (χ2v) is 7.77. The summed E-state index contributed by atoms with van der Waals surface area (Å²) in [7, 11) is 1.74. The predicted molar refractivity (Wildman–Crippen MR) is 98.4 cm³/mol. The molecule has 1 saturated carbocycles. The molecule has 2 aliphatic rings. The van der Waals surface area contributed by atoms with Crippen LogP contribution in [0.2, 0.25) is 0 Å². The summed E-state index contributed by atoms with van der Waals surface area (Å²) in [6, 6.07) is 0. The molecule has 0 radical (unpaired) electrons. The van der Waals surface area contributed by atoms with Crippen LogP contribution in [-0.2, 0) is 22.5 Å². The molecule has 0 aromatic carbocycles. The van der Waals surface area contributed by atoms with Crippen LogP contribution in [0.25, 0.3) is 0 Å². The van der Waals surface area contributed by atoms with E-state index in [0.717, 1.165) is 58.3 Å². The van der Waals surface area contributed by atoms with E-state index in [4.69, 9.17) is 4.74 Å². The monoisotopic (exact) mass is 347 g/mol. The molecule has 1 amide bonds. The zero-order valence-corrected chi connectivity index (χ0v) is 15.9. The van der Waals surface area contributed by atoms with Gasteiger partial charge in [0.05, 0.1) is 6.61 Å². The third-order valence-electron chi connectivity index (χ3n) is 6.01. The number of ether oxygens (including phenoxy) is 1. The fraction of sp³-hybridized carbons (Fsp3) is 0.800. The van der Waals surface area contributed by atoms with Crippen molar-refractivity contribution in [2.24, 2.45) is 11.8 Å². The first-order chi connectivity index (χ1) is 12.2. The van der Waals surface area contributed by atoms with Gasteiger partial charge in [0.2, 0.25) is 5.91 Å². The van der Waals surface area contributed by atoms with Crippen molar-refractivity contribution in [3.05, 3.63) is 17.7 Å². The third-order valence-corrected chi connectivity index (χ3v) is 6.01. The highest BCUT2D eigenvalue weighted by Gasteiger charge is 2.29. The first kappa shape index (κ1) is 18.4. The van der Waals surface area contributed by atoms with Gasteiger partial charge in [0.1, 0.15) is 5.82 Å². The minimum absolute atomic E-state index is 0.306. The van der Waals surface area contributed by atoms with Gasteiger partial charge in [0.25, 0.3) is 0 Å². The van der Waals surface area contributed by atoms with E-state index in [1.807, 2.05) is 6.20 Å². The van der Waals surface area contributed by atoms with Crippen LogP contribution >= 0.6 is 0 Å². The van der Waals surface area contributed by atoms with Gasteiger partial charge in [-0.2, -0.15) is 0 Å². The summed E-state index contributed by atoms with van der Waals surface area (Å²) >= 11 is 0. The Hall–Kier alpha value is -1.36. The van der Waals surface area contributed by atoms with Gasteiger partial charge in [-0.05, 0) is 38.5 Å². The lowest BCUT2D eigenvalue weighted by atomic mass is 9.87. The second-order valence-electron chi connectivity index (χ2n) is 7.77. The molecule has 1 saturated heterocycles. The lowest BCUT2D eigenvalue weighted by Gasteiger charge is -2.35. The van der Waals surface area contributed by atoms with E-state index in [0.29, 0.717) is 17.7 Å². The average molecular weight is 348 g/mol. The molecule has 0 bridgehead atoms. The molecule has 0 spiro atoms. The molecule has 3 rings (SSSR count). The summed E-state index contributed by atoms with van der Waals surface area (Å²) in [5, 5.41) is 0. The molecule has 2 fully saturated rings. The Balaban J connectivity index is 1.50. The van der Waals surface area contributed by atoms with Crippen molar-refractivity contribution in [1.82, 2.24) is 14.5 Å². The smallest absolute Gasteiger partial charge is 0.225 e. The molecule has 5 nitrogen and oxygen atoms in total. The first-order valence-corrected chi connectivity index (χ1v) is 9.97. The highest BCUT2D eigenvalue weighted by atomic mass is 16.5. The number of carbonyl (C=O) groups is 1. The van der Waals surface area contributed by atoms with Gasteiger partial charge < -0.3 is 14.2 Å². The topological polar surface area (TPSA) is 47.4 Å². The summed E-state index contributed by atoms with van der Waals surface area (Å²) in [6.45, 7) is 5.56. The zero-order valence-electron chi connectivity index (χ0n) is 15.9. The number of hydrogen-bond donors (Lipinski definition) is 0. The van der Waals surface area contributed by atoms with E-state index in [-0.39, 0.29) is 0 Å². The number of imidazole rings is 1. The van der Waals surface area contributed by atoms with Gasteiger partial charge >= 0.3 is 0 Å². The summed E-state index contributed by atoms with van der Waals surface area (Å²) in [6.07, 6.45) is 11.2. The standard InChI is InChI=1S/C20H33N3O2/c1-16-15-21-19(23(16)12-13-25-2)14-17-8-10-22(11-9-17)20(24)18-6-4-3-5-7-18/h15,17-18H,3-14H2,1-2H3. The van der Waals surface area contributed by atoms with Crippen LogP contribution in [0, 0.1) is 18.8 Å². The van der Waals surface area contributed by atoms with E-state index < -0.39 is 0 Å². The molecule has 140 valence electrons.